The number of rotatable bonds is 4. The predicted octanol–water partition coefficient (Wildman–Crippen LogP) is 1.16. The van der Waals surface area contributed by atoms with Crippen molar-refractivity contribution in [2.24, 2.45) is 0 Å². The van der Waals surface area contributed by atoms with Crippen molar-refractivity contribution in [3.8, 4) is 0 Å². The molecule has 5 nitrogen and oxygen atoms in total. The summed E-state index contributed by atoms with van der Waals surface area (Å²) in [6.07, 6.45) is -4.84. The maximum Gasteiger partial charge on any atom is 0.113 e. The molecule has 1 aromatic carbocycles. The number of thiophene rings is 1. The van der Waals surface area contributed by atoms with Crippen LogP contribution in [0.25, 0.3) is 0 Å². The lowest BCUT2D eigenvalue weighted by Gasteiger charge is -2.40. The van der Waals surface area contributed by atoms with Crippen LogP contribution in [0, 0.1) is 6.92 Å². The van der Waals surface area contributed by atoms with Crippen LogP contribution in [0.5, 0.6) is 0 Å². The Labute approximate surface area is 144 Å². The maximum atomic E-state index is 10.3. The van der Waals surface area contributed by atoms with Gasteiger partial charge in [-0.2, -0.15) is 0 Å². The third-order valence-electron chi connectivity index (χ3n) is 4.54. The van der Waals surface area contributed by atoms with Crippen LogP contribution in [-0.4, -0.2) is 51.4 Å². The molecular weight excluding hydrogens is 328 g/mol. The third-order valence-corrected chi connectivity index (χ3v) is 5.42. The van der Waals surface area contributed by atoms with Crippen molar-refractivity contribution in [1.82, 2.24) is 0 Å². The maximum absolute atomic E-state index is 10.3. The lowest BCUT2D eigenvalue weighted by Crippen LogP contribution is -2.55. The Balaban J connectivity index is 1.88. The fourth-order valence-electron chi connectivity index (χ4n) is 3.04. The van der Waals surface area contributed by atoms with Gasteiger partial charge in [-0.15, -0.1) is 11.3 Å². The molecule has 1 fully saturated rings. The number of ether oxygens (including phenoxy) is 1. The smallest absolute Gasteiger partial charge is 0.113 e. The Bertz CT molecular complexity index is 670. The van der Waals surface area contributed by atoms with Crippen LogP contribution < -0.4 is 0 Å². The van der Waals surface area contributed by atoms with Crippen molar-refractivity contribution in [2.75, 3.05) is 6.61 Å². The SMILES string of the molecule is Cc1ccc([C@@H]2O[C@H](CO)[C@@H](O)[C@H](O)[C@H]2O)cc1Cc1cccs1. The van der Waals surface area contributed by atoms with Gasteiger partial charge in [0.2, 0.25) is 0 Å². The Morgan fingerprint density at radius 1 is 1.08 bits per heavy atom. The van der Waals surface area contributed by atoms with Gasteiger partial charge in [0.25, 0.3) is 0 Å². The summed E-state index contributed by atoms with van der Waals surface area (Å²) in [5.74, 6) is 0. The monoisotopic (exact) mass is 350 g/mol. The second-order valence-corrected chi connectivity index (χ2v) is 7.22. The molecule has 0 amide bonds. The highest BCUT2D eigenvalue weighted by molar-refractivity contribution is 7.09. The second kappa shape index (κ2) is 7.31. The van der Waals surface area contributed by atoms with E-state index in [4.69, 9.17) is 4.74 Å². The molecule has 0 aliphatic carbocycles. The zero-order chi connectivity index (χ0) is 17.3. The summed E-state index contributed by atoms with van der Waals surface area (Å²) in [6, 6.07) is 9.85. The van der Waals surface area contributed by atoms with Crippen LogP contribution in [0.3, 0.4) is 0 Å². The molecular formula is C18H22O5S. The van der Waals surface area contributed by atoms with Crippen molar-refractivity contribution in [3.05, 3.63) is 57.3 Å². The number of aliphatic hydroxyl groups excluding tert-OH is 4. The highest BCUT2D eigenvalue weighted by atomic mass is 32.1. The number of aliphatic hydroxyl groups is 4. The Hall–Kier alpha value is -1.28. The van der Waals surface area contributed by atoms with E-state index in [2.05, 4.69) is 6.07 Å². The Morgan fingerprint density at radius 3 is 2.54 bits per heavy atom. The molecule has 1 saturated heterocycles. The molecule has 0 unspecified atom stereocenters. The van der Waals surface area contributed by atoms with E-state index in [1.807, 2.05) is 36.6 Å². The van der Waals surface area contributed by atoms with E-state index in [1.54, 1.807) is 11.3 Å². The first-order valence-corrected chi connectivity index (χ1v) is 8.81. The molecule has 24 heavy (non-hydrogen) atoms. The largest absolute Gasteiger partial charge is 0.394 e. The number of aryl methyl sites for hydroxylation is 1. The summed E-state index contributed by atoms with van der Waals surface area (Å²) in [5.41, 5.74) is 2.98. The van der Waals surface area contributed by atoms with Gasteiger partial charge < -0.3 is 25.2 Å². The molecule has 6 heteroatoms. The van der Waals surface area contributed by atoms with Crippen molar-refractivity contribution in [3.63, 3.8) is 0 Å². The van der Waals surface area contributed by atoms with E-state index in [1.165, 1.54) is 4.88 Å². The van der Waals surface area contributed by atoms with Crippen LogP contribution >= 0.6 is 11.3 Å². The van der Waals surface area contributed by atoms with Crippen molar-refractivity contribution in [2.45, 2.75) is 43.9 Å². The second-order valence-electron chi connectivity index (χ2n) is 6.19. The summed E-state index contributed by atoms with van der Waals surface area (Å²) in [6.45, 7) is 1.61. The minimum Gasteiger partial charge on any atom is -0.394 e. The molecule has 0 bridgehead atoms. The number of hydrogen-bond acceptors (Lipinski definition) is 6. The molecule has 1 aromatic heterocycles. The highest BCUT2D eigenvalue weighted by Gasteiger charge is 2.43. The molecule has 1 aliphatic heterocycles. The standard InChI is InChI=1S/C18H22O5S/c1-10-4-5-11(7-12(10)8-13-3-2-6-24-13)18-17(22)16(21)15(20)14(9-19)23-18/h2-7,14-22H,8-9H2,1H3/t14-,15-,16+,17-,18+/m1/s1. The normalized spacial score (nSPS) is 30.5. The van der Waals surface area contributed by atoms with Crippen molar-refractivity contribution in [1.29, 1.82) is 0 Å². The molecule has 2 aromatic rings. The molecule has 0 radical (unpaired) electrons. The average Bonchev–Trinajstić information content (AvgIpc) is 3.08. The summed E-state index contributed by atoms with van der Waals surface area (Å²) in [4.78, 5) is 1.24. The van der Waals surface area contributed by atoms with Gasteiger partial charge in [0.05, 0.1) is 6.61 Å². The molecule has 4 N–H and O–H groups in total. The minimum atomic E-state index is -1.36. The number of benzene rings is 1. The molecule has 2 heterocycles. The fourth-order valence-corrected chi connectivity index (χ4v) is 3.76. The van der Waals surface area contributed by atoms with Crippen LogP contribution in [0.15, 0.2) is 35.7 Å². The summed E-state index contributed by atoms with van der Waals surface area (Å²) in [7, 11) is 0. The van der Waals surface area contributed by atoms with Gasteiger partial charge in [0.1, 0.15) is 30.5 Å². The van der Waals surface area contributed by atoms with E-state index in [0.29, 0.717) is 0 Å². The molecule has 130 valence electrons. The highest BCUT2D eigenvalue weighted by Crippen LogP contribution is 2.33. The average molecular weight is 350 g/mol. The van der Waals surface area contributed by atoms with Crippen LogP contribution in [0.2, 0.25) is 0 Å². The summed E-state index contributed by atoms with van der Waals surface area (Å²) >= 11 is 1.69. The van der Waals surface area contributed by atoms with Crippen LogP contribution in [0.4, 0.5) is 0 Å². The van der Waals surface area contributed by atoms with Crippen LogP contribution in [0.1, 0.15) is 27.7 Å². The Kier molecular flexibility index (Phi) is 5.34. The molecule has 0 spiro atoms. The summed E-state index contributed by atoms with van der Waals surface area (Å²) < 4.78 is 5.64. The first kappa shape index (κ1) is 17.5. The third kappa shape index (κ3) is 3.39. The van der Waals surface area contributed by atoms with Gasteiger partial charge >= 0.3 is 0 Å². The van der Waals surface area contributed by atoms with E-state index in [0.717, 1.165) is 23.1 Å². The first-order chi connectivity index (χ1) is 11.5. The molecule has 0 saturated carbocycles. The molecule has 3 rings (SSSR count). The Morgan fingerprint density at radius 2 is 1.88 bits per heavy atom. The van der Waals surface area contributed by atoms with Crippen molar-refractivity contribution >= 4 is 11.3 Å². The topological polar surface area (TPSA) is 90.2 Å². The summed E-state index contributed by atoms with van der Waals surface area (Å²) in [5, 5.41) is 41.5. The van der Waals surface area contributed by atoms with Gasteiger partial charge in [-0.1, -0.05) is 24.3 Å². The number of hydrogen-bond donors (Lipinski definition) is 4. The zero-order valence-corrected chi connectivity index (χ0v) is 14.2. The van der Waals surface area contributed by atoms with Gasteiger partial charge in [-0.3, -0.25) is 0 Å². The van der Waals surface area contributed by atoms with Gasteiger partial charge in [-0.25, -0.2) is 0 Å². The lowest BCUT2D eigenvalue weighted by atomic mass is 9.89. The van der Waals surface area contributed by atoms with Crippen LogP contribution in [-0.2, 0) is 11.2 Å². The first-order valence-electron chi connectivity index (χ1n) is 7.93. The predicted molar refractivity (Wildman–Crippen MR) is 91.0 cm³/mol. The van der Waals surface area contributed by atoms with E-state index in [-0.39, 0.29) is 0 Å². The van der Waals surface area contributed by atoms with E-state index >= 15 is 0 Å². The van der Waals surface area contributed by atoms with E-state index < -0.39 is 37.1 Å². The molecule has 5 atom stereocenters. The quantitative estimate of drug-likeness (QED) is 0.664. The van der Waals surface area contributed by atoms with Crippen molar-refractivity contribution < 1.29 is 25.2 Å². The van der Waals surface area contributed by atoms with Gasteiger partial charge in [0, 0.05) is 11.3 Å². The fraction of sp³-hybridized carbons (Fsp3) is 0.444. The minimum absolute atomic E-state index is 0.421. The lowest BCUT2D eigenvalue weighted by molar-refractivity contribution is -0.231. The van der Waals surface area contributed by atoms with Gasteiger partial charge in [-0.05, 0) is 35.1 Å². The van der Waals surface area contributed by atoms with Gasteiger partial charge in [0.15, 0.2) is 0 Å². The van der Waals surface area contributed by atoms with E-state index in [9.17, 15) is 20.4 Å². The molecule has 1 aliphatic rings. The zero-order valence-electron chi connectivity index (χ0n) is 13.4.